The molecule has 0 saturated heterocycles. The molecular weight excluding hydrogens is 366 g/mol. The molecule has 2 aromatic carbocycles. The summed E-state index contributed by atoms with van der Waals surface area (Å²) in [5, 5.41) is 13.2. The first-order chi connectivity index (χ1) is 12.6. The molecule has 0 radical (unpaired) electrons. The van der Waals surface area contributed by atoms with Crippen molar-refractivity contribution in [1.82, 2.24) is 15.0 Å². The van der Waals surface area contributed by atoms with Crippen molar-refractivity contribution < 1.29 is 27.2 Å². The summed E-state index contributed by atoms with van der Waals surface area (Å²) in [6, 6.07) is 6.73. The molecule has 27 heavy (non-hydrogen) atoms. The molecule has 1 N–H and O–H groups in total. The van der Waals surface area contributed by atoms with Gasteiger partial charge in [0.05, 0.1) is 11.1 Å². The quantitative estimate of drug-likeness (QED) is 0.682. The molecule has 0 saturated carbocycles. The minimum Gasteiger partial charge on any atom is -0.508 e. The maximum Gasteiger partial charge on any atom is 0.417 e. The van der Waals surface area contributed by atoms with Gasteiger partial charge in [-0.1, -0.05) is 5.16 Å². The van der Waals surface area contributed by atoms with Gasteiger partial charge in [-0.25, -0.2) is 4.39 Å². The standard InChI is InChI=1S/C18H15F4N3O2/c1-25(2)9-11-7-10(3-6-15(11)19)16-23-17(27-24-16)13-8-12(26)4-5-14(13)18(20,21)22/h3-8,26H,9H2,1-2H3. The smallest absolute Gasteiger partial charge is 0.417 e. The molecule has 0 fully saturated rings. The summed E-state index contributed by atoms with van der Waals surface area (Å²) < 4.78 is 58.5. The van der Waals surface area contributed by atoms with Crippen LogP contribution in [0.4, 0.5) is 17.6 Å². The Morgan fingerprint density at radius 3 is 2.52 bits per heavy atom. The molecule has 0 aliphatic carbocycles. The molecule has 0 atom stereocenters. The number of benzene rings is 2. The number of rotatable bonds is 4. The second-order valence-corrected chi connectivity index (χ2v) is 6.19. The van der Waals surface area contributed by atoms with E-state index in [-0.39, 0.29) is 11.6 Å². The zero-order valence-corrected chi connectivity index (χ0v) is 14.4. The topological polar surface area (TPSA) is 62.4 Å². The molecule has 5 nitrogen and oxygen atoms in total. The van der Waals surface area contributed by atoms with Crippen molar-refractivity contribution in [2.75, 3.05) is 14.1 Å². The minimum atomic E-state index is -4.66. The van der Waals surface area contributed by atoms with Gasteiger partial charge in [0.1, 0.15) is 11.6 Å². The van der Waals surface area contributed by atoms with Crippen LogP contribution in [0.25, 0.3) is 22.8 Å². The maximum atomic E-state index is 13.9. The number of aromatic hydroxyl groups is 1. The normalized spacial score (nSPS) is 12.0. The number of hydrogen-bond acceptors (Lipinski definition) is 5. The molecular formula is C18H15F4N3O2. The number of alkyl halides is 3. The van der Waals surface area contributed by atoms with Crippen LogP contribution in [0.2, 0.25) is 0 Å². The average Bonchev–Trinajstić information content (AvgIpc) is 3.05. The Labute approximate surface area is 151 Å². The van der Waals surface area contributed by atoms with Gasteiger partial charge in [0.25, 0.3) is 5.89 Å². The van der Waals surface area contributed by atoms with Gasteiger partial charge in [-0.15, -0.1) is 0 Å². The van der Waals surface area contributed by atoms with Crippen LogP contribution < -0.4 is 0 Å². The van der Waals surface area contributed by atoms with Crippen molar-refractivity contribution in [3.63, 3.8) is 0 Å². The first-order valence-corrected chi connectivity index (χ1v) is 7.83. The van der Waals surface area contributed by atoms with E-state index in [0.717, 1.165) is 18.2 Å². The lowest BCUT2D eigenvalue weighted by Gasteiger charge is -2.11. The number of phenols is 1. The Kier molecular flexibility index (Phi) is 4.88. The Bertz CT molecular complexity index is 967. The van der Waals surface area contributed by atoms with Crippen LogP contribution in [0.1, 0.15) is 11.1 Å². The van der Waals surface area contributed by atoms with Crippen LogP contribution in [0, 0.1) is 5.82 Å². The van der Waals surface area contributed by atoms with Gasteiger partial charge in [0.2, 0.25) is 5.82 Å². The van der Waals surface area contributed by atoms with Crippen LogP contribution >= 0.6 is 0 Å². The molecule has 0 aliphatic heterocycles. The number of halogens is 4. The van der Waals surface area contributed by atoms with Gasteiger partial charge in [0.15, 0.2) is 0 Å². The molecule has 9 heteroatoms. The van der Waals surface area contributed by atoms with Crippen molar-refractivity contribution in [2.24, 2.45) is 0 Å². The van der Waals surface area contributed by atoms with Crippen molar-refractivity contribution in [1.29, 1.82) is 0 Å². The van der Waals surface area contributed by atoms with Gasteiger partial charge in [-0.2, -0.15) is 18.2 Å². The fourth-order valence-electron chi connectivity index (χ4n) is 2.58. The second kappa shape index (κ2) is 6.99. The predicted octanol–water partition coefficient (Wildman–Crippen LogP) is 4.33. The van der Waals surface area contributed by atoms with E-state index in [1.807, 2.05) is 0 Å². The average molecular weight is 381 g/mol. The van der Waals surface area contributed by atoms with Gasteiger partial charge in [0, 0.05) is 17.7 Å². The van der Waals surface area contributed by atoms with Gasteiger partial charge < -0.3 is 14.5 Å². The molecule has 0 spiro atoms. The monoisotopic (exact) mass is 381 g/mol. The zero-order valence-electron chi connectivity index (χ0n) is 14.4. The van der Waals surface area contributed by atoms with Crippen LogP contribution in [-0.2, 0) is 12.7 Å². The first-order valence-electron chi connectivity index (χ1n) is 7.83. The number of hydrogen-bond donors (Lipinski definition) is 1. The molecule has 3 rings (SSSR count). The van der Waals surface area contributed by atoms with E-state index in [1.165, 1.54) is 18.2 Å². The third-order valence-corrected chi connectivity index (χ3v) is 3.76. The molecule has 142 valence electrons. The Hall–Kier alpha value is -2.94. The van der Waals surface area contributed by atoms with Crippen LogP contribution in [-0.4, -0.2) is 34.2 Å². The summed E-state index contributed by atoms with van der Waals surface area (Å²) in [4.78, 5) is 5.76. The van der Waals surface area contributed by atoms with E-state index in [4.69, 9.17) is 4.52 Å². The highest BCUT2D eigenvalue weighted by Gasteiger charge is 2.35. The third kappa shape index (κ3) is 4.08. The Morgan fingerprint density at radius 1 is 1.11 bits per heavy atom. The Morgan fingerprint density at radius 2 is 1.85 bits per heavy atom. The van der Waals surface area contributed by atoms with Crippen molar-refractivity contribution >= 4 is 0 Å². The summed E-state index contributed by atoms with van der Waals surface area (Å²) >= 11 is 0. The lowest BCUT2D eigenvalue weighted by atomic mass is 10.1. The largest absolute Gasteiger partial charge is 0.508 e. The van der Waals surface area contributed by atoms with E-state index in [0.29, 0.717) is 17.7 Å². The first kappa shape index (κ1) is 18.8. The molecule has 1 aromatic heterocycles. The van der Waals surface area contributed by atoms with Crippen molar-refractivity contribution in [3.8, 4) is 28.6 Å². The SMILES string of the molecule is CN(C)Cc1cc(-c2noc(-c3cc(O)ccc3C(F)(F)F)n2)ccc1F. The summed E-state index contributed by atoms with van der Waals surface area (Å²) in [5.41, 5.74) is -0.658. The van der Waals surface area contributed by atoms with Crippen molar-refractivity contribution in [2.45, 2.75) is 12.7 Å². The van der Waals surface area contributed by atoms with Gasteiger partial charge in [-0.05, 0) is 50.5 Å². The van der Waals surface area contributed by atoms with E-state index in [1.54, 1.807) is 19.0 Å². The molecule has 1 heterocycles. The number of aromatic nitrogens is 2. The number of nitrogens with zero attached hydrogens (tertiary/aromatic N) is 3. The molecule has 0 aliphatic rings. The van der Waals surface area contributed by atoms with E-state index >= 15 is 0 Å². The van der Waals surface area contributed by atoms with Crippen LogP contribution in [0.3, 0.4) is 0 Å². The maximum absolute atomic E-state index is 13.9. The van der Waals surface area contributed by atoms with Crippen molar-refractivity contribution in [3.05, 3.63) is 53.3 Å². The lowest BCUT2D eigenvalue weighted by molar-refractivity contribution is -0.137. The van der Waals surface area contributed by atoms with Gasteiger partial charge >= 0.3 is 6.18 Å². The summed E-state index contributed by atoms with van der Waals surface area (Å²) in [6.45, 7) is 0.329. The third-order valence-electron chi connectivity index (χ3n) is 3.76. The Balaban J connectivity index is 2.03. The van der Waals surface area contributed by atoms with E-state index in [9.17, 15) is 22.7 Å². The molecule has 0 amide bonds. The molecule has 3 aromatic rings. The van der Waals surface area contributed by atoms with E-state index in [2.05, 4.69) is 10.1 Å². The highest BCUT2D eigenvalue weighted by Crippen LogP contribution is 2.38. The fraction of sp³-hybridized carbons (Fsp3) is 0.222. The minimum absolute atomic E-state index is 0.0153. The fourth-order valence-corrected chi connectivity index (χ4v) is 2.58. The van der Waals surface area contributed by atoms with Gasteiger partial charge in [-0.3, -0.25) is 0 Å². The van der Waals surface area contributed by atoms with Crippen LogP contribution in [0.15, 0.2) is 40.9 Å². The summed E-state index contributed by atoms with van der Waals surface area (Å²) in [6.07, 6.45) is -4.66. The number of phenolic OH excluding ortho intramolecular Hbond substituents is 1. The summed E-state index contributed by atoms with van der Waals surface area (Å²) in [5.74, 6) is -1.16. The lowest BCUT2D eigenvalue weighted by Crippen LogP contribution is -2.12. The highest BCUT2D eigenvalue weighted by molar-refractivity contribution is 5.65. The zero-order chi connectivity index (χ0) is 19.8. The second-order valence-electron chi connectivity index (χ2n) is 6.19. The molecule has 0 bridgehead atoms. The summed E-state index contributed by atoms with van der Waals surface area (Å²) in [7, 11) is 3.55. The van der Waals surface area contributed by atoms with Crippen LogP contribution in [0.5, 0.6) is 5.75 Å². The predicted molar refractivity (Wildman–Crippen MR) is 89.2 cm³/mol. The highest BCUT2D eigenvalue weighted by atomic mass is 19.4. The van der Waals surface area contributed by atoms with E-state index < -0.39 is 29.0 Å². The molecule has 0 unspecified atom stereocenters.